The van der Waals surface area contributed by atoms with Crippen molar-refractivity contribution in [3.63, 3.8) is 0 Å². The van der Waals surface area contributed by atoms with Gasteiger partial charge < -0.3 is 10.6 Å². The Morgan fingerprint density at radius 2 is 2.44 bits per heavy atom. The molecule has 0 bridgehead atoms. The molecular weight excluding hydrogens is 204 g/mol. The zero-order chi connectivity index (χ0) is 11.8. The van der Waals surface area contributed by atoms with Crippen LogP contribution in [0.4, 0.5) is 0 Å². The Hall–Kier alpha value is -1.93. The highest BCUT2D eigenvalue weighted by atomic mass is 16.2. The molecule has 0 aliphatic carbocycles. The summed E-state index contributed by atoms with van der Waals surface area (Å²) in [5, 5.41) is 8.50. The van der Waals surface area contributed by atoms with Crippen LogP contribution in [0.25, 0.3) is 0 Å². The Bertz CT molecular complexity index is 371. The van der Waals surface area contributed by atoms with E-state index in [1.54, 1.807) is 17.3 Å². The summed E-state index contributed by atoms with van der Waals surface area (Å²) in [7, 11) is 0. The molecule has 1 amide bonds. The van der Waals surface area contributed by atoms with E-state index in [9.17, 15) is 4.79 Å². The van der Waals surface area contributed by atoms with E-state index in [4.69, 9.17) is 11.0 Å². The number of hydrogen-bond donors (Lipinski definition) is 1. The van der Waals surface area contributed by atoms with E-state index in [1.807, 2.05) is 18.2 Å². The number of carbonyl (C=O) groups is 1. The molecule has 0 spiro atoms. The minimum absolute atomic E-state index is 0.0360. The second kappa shape index (κ2) is 6.53. The molecule has 0 fully saturated rings. The normalized spacial score (nSPS) is 9.50. The number of pyridine rings is 1. The van der Waals surface area contributed by atoms with Gasteiger partial charge >= 0.3 is 0 Å². The summed E-state index contributed by atoms with van der Waals surface area (Å²) in [5.74, 6) is -0.154. The number of hydrogen-bond acceptors (Lipinski definition) is 4. The zero-order valence-electron chi connectivity index (χ0n) is 8.97. The second-order valence-electron chi connectivity index (χ2n) is 3.29. The van der Waals surface area contributed by atoms with Gasteiger partial charge in [-0.1, -0.05) is 6.07 Å². The number of carbonyl (C=O) groups excluding carboxylic acids is 1. The topological polar surface area (TPSA) is 83.0 Å². The van der Waals surface area contributed by atoms with Crippen LogP contribution in [-0.4, -0.2) is 28.9 Å². The van der Waals surface area contributed by atoms with Gasteiger partial charge in [0.2, 0.25) is 5.91 Å². The summed E-state index contributed by atoms with van der Waals surface area (Å²) in [5.41, 5.74) is 6.24. The second-order valence-corrected chi connectivity index (χ2v) is 3.29. The van der Waals surface area contributed by atoms with Crippen molar-refractivity contribution in [2.24, 2.45) is 5.73 Å². The molecule has 1 heterocycles. The van der Waals surface area contributed by atoms with E-state index in [-0.39, 0.29) is 12.5 Å². The van der Waals surface area contributed by atoms with E-state index in [0.29, 0.717) is 19.5 Å². The summed E-state index contributed by atoms with van der Waals surface area (Å²) in [6, 6.07) is 5.71. The third kappa shape index (κ3) is 3.67. The first kappa shape index (κ1) is 12.1. The van der Waals surface area contributed by atoms with E-state index in [1.165, 1.54) is 0 Å². The van der Waals surface area contributed by atoms with Crippen molar-refractivity contribution in [3.8, 4) is 6.07 Å². The molecule has 0 radical (unpaired) electrons. The Morgan fingerprint density at radius 1 is 1.62 bits per heavy atom. The lowest BCUT2D eigenvalue weighted by Gasteiger charge is -2.20. The molecule has 0 aromatic carbocycles. The van der Waals surface area contributed by atoms with Crippen molar-refractivity contribution in [1.29, 1.82) is 5.26 Å². The quantitative estimate of drug-likeness (QED) is 0.769. The van der Waals surface area contributed by atoms with E-state index in [0.717, 1.165) is 5.56 Å². The van der Waals surface area contributed by atoms with Crippen molar-refractivity contribution in [2.75, 3.05) is 13.1 Å². The van der Waals surface area contributed by atoms with Gasteiger partial charge in [0.15, 0.2) is 0 Å². The van der Waals surface area contributed by atoms with Crippen LogP contribution in [0, 0.1) is 11.3 Å². The highest BCUT2D eigenvalue weighted by Gasteiger charge is 2.11. The minimum Gasteiger partial charge on any atom is -0.336 e. The molecule has 0 saturated carbocycles. The number of nitrogens with two attached hydrogens (primary N) is 1. The molecule has 16 heavy (non-hydrogen) atoms. The average Bonchev–Trinajstić information content (AvgIpc) is 2.34. The van der Waals surface area contributed by atoms with Gasteiger partial charge in [0.1, 0.15) is 0 Å². The lowest BCUT2D eigenvalue weighted by Crippen LogP contribution is -2.36. The summed E-state index contributed by atoms with van der Waals surface area (Å²) < 4.78 is 0. The van der Waals surface area contributed by atoms with E-state index < -0.39 is 0 Å². The lowest BCUT2D eigenvalue weighted by atomic mass is 10.2. The van der Waals surface area contributed by atoms with Gasteiger partial charge in [-0.25, -0.2) is 0 Å². The van der Waals surface area contributed by atoms with Gasteiger partial charge in [0, 0.05) is 25.5 Å². The Labute approximate surface area is 94.5 Å². The fraction of sp³-hybridized carbons (Fsp3) is 0.364. The maximum absolute atomic E-state index is 11.5. The minimum atomic E-state index is -0.154. The van der Waals surface area contributed by atoms with Gasteiger partial charge in [-0.2, -0.15) is 5.26 Å². The van der Waals surface area contributed by atoms with Gasteiger partial charge in [0.05, 0.1) is 19.0 Å². The number of rotatable bonds is 5. The highest BCUT2D eigenvalue weighted by Crippen LogP contribution is 2.03. The first-order valence-corrected chi connectivity index (χ1v) is 5.01. The molecule has 2 N–H and O–H groups in total. The fourth-order valence-corrected chi connectivity index (χ4v) is 1.32. The molecule has 1 rings (SSSR count). The van der Waals surface area contributed by atoms with Crippen LogP contribution in [0.2, 0.25) is 0 Å². The molecule has 84 valence electrons. The maximum Gasteiger partial charge on any atom is 0.236 e. The zero-order valence-corrected chi connectivity index (χ0v) is 8.97. The number of nitriles is 1. The number of nitrogens with zero attached hydrogens (tertiary/aromatic N) is 3. The van der Waals surface area contributed by atoms with Crippen LogP contribution in [0.1, 0.15) is 12.0 Å². The molecule has 1 aromatic heterocycles. The Kier molecular flexibility index (Phi) is 4.96. The van der Waals surface area contributed by atoms with Gasteiger partial charge in [-0.3, -0.25) is 9.78 Å². The fourth-order valence-electron chi connectivity index (χ4n) is 1.32. The molecule has 5 nitrogen and oxygen atoms in total. The maximum atomic E-state index is 11.5. The third-order valence-corrected chi connectivity index (χ3v) is 2.12. The van der Waals surface area contributed by atoms with E-state index in [2.05, 4.69) is 4.98 Å². The van der Waals surface area contributed by atoms with Crippen molar-refractivity contribution in [1.82, 2.24) is 9.88 Å². The predicted molar refractivity (Wildman–Crippen MR) is 58.9 cm³/mol. The molecular formula is C11H14N4O. The molecule has 0 aliphatic rings. The number of aromatic nitrogens is 1. The van der Waals surface area contributed by atoms with Gasteiger partial charge in [-0.15, -0.1) is 0 Å². The Morgan fingerprint density at radius 3 is 3.00 bits per heavy atom. The molecule has 0 atom stereocenters. The molecule has 0 aliphatic heterocycles. The lowest BCUT2D eigenvalue weighted by molar-refractivity contribution is -0.130. The molecule has 0 unspecified atom stereocenters. The number of amides is 1. The summed E-state index contributed by atoms with van der Waals surface area (Å²) >= 11 is 0. The SMILES string of the molecule is N#CCCN(Cc1cccnc1)C(=O)CN. The standard InChI is InChI=1S/C11H14N4O/c12-4-2-6-15(11(16)7-13)9-10-3-1-5-14-8-10/h1,3,5,8H,2,6-7,9,13H2. The van der Waals surface area contributed by atoms with Crippen LogP contribution < -0.4 is 5.73 Å². The average molecular weight is 218 g/mol. The van der Waals surface area contributed by atoms with Crippen molar-refractivity contribution >= 4 is 5.91 Å². The Balaban J connectivity index is 2.64. The van der Waals surface area contributed by atoms with Crippen LogP contribution in [0.3, 0.4) is 0 Å². The summed E-state index contributed by atoms with van der Waals surface area (Å²) in [6.07, 6.45) is 3.68. The summed E-state index contributed by atoms with van der Waals surface area (Å²) in [6.45, 7) is 0.818. The first-order chi connectivity index (χ1) is 7.77. The van der Waals surface area contributed by atoms with Gasteiger partial charge in [-0.05, 0) is 11.6 Å². The molecule has 0 saturated heterocycles. The largest absolute Gasteiger partial charge is 0.336 e. The highest BCUT2D eigenvalue weighted by molar-refractivity contribution is 5.78. The smallest absolute Gasteiger partial charge is 0.236 e. The summed E-state index contributed by atoms with van der Waals surface area (Å²) in [4.78, 5) is 17.0. The molecule has 1 aromatic rings. The van der Waals surface area contributed by atoms with E-state index >= 15 is 0 Å². The van der Waals surface area contributed by atoms with Crippen LogP contribution in [0.5, 0.6) is 0 Å². The van der Waals surface area contributed by atoms with Gasteiger partial charge in [0.25, 0.3) is 0 Å². The molecule has 5 heteroatoms. The monoisotopic (exact) mass is 218 g/mol. The van der Waals surface area contributed by atoms with Crippen molar-refractivity contribution in [3.05, 3.63) is 30.1 Å². The third-order valence-electron chi connectivity index (χ3n) is 2.12. The van der Waals surface area contributed by atoms with Crippen LogP contribution in [-0.2, 0) is 11.3 Å². The van der Waals surface area contributed by atoms with Crippen LogP contribution in [0.15, 0.2) is 24.5 Å². The van der Waals surface area contributed by atoms with Crippen LogP contribution >= 0.6 is 0 Å². The predicted octanol–water partition coefficient (Wildman–Crippen LogP) is 0.283. The first-order valence-electron chi connectivity index (χ1n) is 5.01. The van der Waals surface area contributed by atoms with Crippen molar-refractivity contribution in [2.45, 2.75) is 13.0 Å². The van der Waals surface area contributed by atoms with Crippen molar-refractivity contribution < 1.29 is 4.79 Å².